The van der Waals surface area contributed by atoms with Gasteiger partial charge in [0.15, 0.2) is 0 Å². The van der Waals surface area contributed by atoms with Gasteiger partial charge in [-0.15, -0.1) is 11.3 Å². The summed E-state index contributed by atoms with van der Waals surface area (Å²) in [6.07, 6.45) is 0. The molecule has 0 fully saturated rings. The molecule has 1 unspecified atom stereocenters. The minimum atomic E-state index is -0.870. The van der Waals surface area contributed by atoms with Crippen molar-refractivity contribution in [1.29, 1.82) is 0 Å². The fourth-order valence-electron chi connectivity index (χ4n) is 1.24. The molecule has 0 amide bonds. The maximum absolute atomic E-state index is 11.5. The van der Waals surface area contributed by atoms with E-state index in [2.05, 4.69) is 10.1 Å². The van der Waals surface area contributed by atoms with Gasteiger partial charge in [0.1, 0.15) is 5.00 Å². The van der Waals surface area contributed by atoms with Crippen molar-refractivity contribution in [3.8, 4) is 0 Å². The van der Waals surface area contributed by atoms with Crippen LogP contribution in [0.4, 0.5) is 5.00 Å². The van der Waals surface area contributed by atoms with E-state index in [1.165, 1.54) is 18.4 Å². The number of thiophene rings is 1. The number of hydrogen-bond acceptors (Lipinski definition) is 5. The van der Waals surface area contributed by atoms with E-state index in [1.807, 2.05) is 6.92 Å². The number of carbonyl (C=O) groups excluding carboxylic acids is 1. The normalized spacial score (nSPS) is 11.9. The monoisotopic (exact) mass is 257 g/mol. The van der Waals surface area contributed by atoms with Crippen molar-refractivity contribution in [3.63, 3.8) is 0 Å². The van der Waals surface area contributed by atoms with Crippen LogP contribution in [0.15, 0.2) is 6.07 Å². The molecule has 6 heteroatoms. The van der Waals surface area contributed by atoms with Crippen molar-refractivity contribution in [2.24, 2.45) is 5.92 Å². The predicted octanol–water partition coefficient (Wildman–Crippen LogP) is 1.98. The molecule has 2 N–H and O–H groups in total. The van der Waals surface area contributed by atoms with Gasteiger partial charge in [-0.05, 0) is 13.0 Å². The number of carbonyl (C=O) groups is 2. The van der Waals surface area contributed by atoms with Crippen molar-refractivity contribution < 1.29 is 19.4 Å². The number of aryl methyl sites for hydroxylation is 1. The molecule has 1 heterocycles. The summed E-state index contributed by atoms with van der Waals surface area (Å²) in [6, 6.07) is 1.73. The quantitative estimate of drug-likeness (QED) is 0.789. The van der Waals surface area contributed by atoms with Gasteiger partial charge in [-0.25, -0.2) is 4.79 Å². The van der Waals surface area contributed by atoms with Gasteiger partial charge in [-0.2, -0.15) is 0 Å². The number of ether oxygens (including phenoxy) is 1. The Balaban J connectivity index is 2.77. The summed E-state index contributed by atoms with van der Waals surface area (Å²) in [5.74, 6) is -1.80. The Morgan fingerprint density at radius 2 is 2.24 bits per heavy atom. The predicted molar refractivity (Wildman–Crippen MR) is 65.7 cm³/mol. The molecule has 0 aliphatic carbocycles. The molecule has 0 saturated carbocycles. The van der Waals surface area contributed by atoms with Crippen LogP contribution >= 0.6 is 11.3 Å². The van der Waals surface area contributed by atoms with Gasteiger partial charge in [0.2, 0.25) is 0 Å². The number of aliphatic carboxylic acids is 1. The van der Waals surface area contributed by atoms with Crippen LogP contribution in [0.2, 0.25) is 0 Å². The molecule has 0 spiro atoms. The Morgan fingerprint density at radius 3 is 2.76 bits per heavy atom. The molecule has 0 aliphatic rings. The number of hydrogen-bond donors (Lipinski definition) is 2. The summed E-state index contributed by atoms with van der Waals surface area (Å²) in [7, 11) is 1.32. The van der Waals surface area contributed by atoms with Gasteiger partial charge in [-0.3, -0.25) is 4.79 Å². The number of esters is 1. The Bertz CT molecular complexity index is 427. The van der Waals surface area contributed by atoms with Gasteiger partial charge in [0, 0.05) is 11.4 Å². The summed E-state index contributed by atoms with van der Waals surface area (Å²) in [4.78, 5) is 23.1. The number of rotatable bonds is 5. The lowest BCUT2D eigenvalue weighted by Gasteiger charge is -2.09. The van der Waals surface area contributed by atoms with Gasteiger partial charge < -0.3 is 15.2 Å². The molecule has 17 heavy (non-hydrogen) atoms. The molecule has 0 radical (unpaired) electrons. The second-order valence-corrected chi connectivity index (χ2v) is 4.97. The maximum Gasteiger partial charge on any atom is 0.340 e. The number of methoxy groups -OCH3 is 1. The summed E-state index contributed by atoms with van der Waals surface area (Å²) in [5.41, 5.74) is 0.451. The van der Waals surface area contributed by atoms with Gasteiger partial charge in [-0.1, -0.05) is 6.92 Å². The van der Waals surface area contributed by atoms with Crippen LogP contribution in [0.1, 0.15) is 22.2 Å². The van der Waals surface area contributed by atoms with E-state index < -0.39 is 17.9 Å². The molecule has 1 aromatic rings. The highest BCUT2D eigenvalue weighted by Crippen LogP contribution is 2.28. The lowest BCUT2D eigenvalue weighted by Crippen LogP contribution is -2.20. The van der Waals surface area contributed by atoms with Crippen LogP contribution in [-0.2, 0) is 9.53 Å². The molecule has 0 aromatic carbocycles. The van der Waals surface area contributed by atoms with Crippen LogP contribution in [-0.4, -0.2) is 30.7 Å². The SMILES string of the molecule is COC(=O)c1cc(C)sc1NCC(C)C(=O)O. The van der Waals surface area contributed by atoms with Crippen LogP contribution in [0.3, 0.4) is 0 Å². The number of carboxylic acid groups (broad SMARTS) is 1. The first-order valence-electron chi connectivity index (χ1n) is 5.11. The fraction of sp³-hybridized carbons (Fsp3) is 0.455. The van der Waals surface area contributed by atoms with Crippen LogP contribution in [0.25, 0.3) is 0 Å². The summed E-state index contributed by atoms with van der Waals surface area (Å²) < 4.78 is 4.66. The molecule has 0 bridgehead atoms. The van der Waals surface area contributed by atoms with E-state index >= 15 is 0 Å². The molecular weight excluding hydrogens is 242 g/mol. The van der Waals surface area contributed by atoms with E-state index in [1.54, 1.807) is 13.0 Å². The third-order valence-electron chi connectivity index (χ3n) is 2.25. The zero-order valence-corrected chi connectivity index (χ0v) is 10.8. The van der Waals surface area contributed by atoms with E-state index in [4.69, 9.17) is 5.11 Å². The number of nitrogens with one attached hydrogen (secondary N) is 1. The maximum atomic E-state index is 11.5. The smallest absolute Gasteiger partial charge is 0.340 e. The highest BCUT2D eigenvalue weighted by Gasteiger charge is 2.17. The zero-order valence-electron chi connectivity index (χ0n) is 9.94. The second kappa shape index (κ2) is 5.67. The summed E-state index contributed by atoms with van der Waals surface area (Å²) >= 11 is 1.41. The van der Waals surface area contributed by atoms with Crippen molar-refractivity contribution >= 4 is 28.3 Å². The molecule has 1 atom stereocenters. The molecular formula is C11H15NO4S. The van der Waals surface area contributed by atoms with Crippen LogP contribution < -0.4 is 5.32 Å². The lowest BCUT2D eigenvalue weighted by atomic mass is 10.2. The van der Waals surface area contributed by atoms with Gasteiger partial charge in [0.25, 0.3) is 0 Å². The average molecular weight is 257 g/mol. The van der Waals surface area contributed by atoms with Gasteiger partial charge >= 0.3 is 11.9 Å². The highest BCUT2D eigenvalue weighted by molar-refractivity contribution is 7.16. The Hall–Kier alpha value is -1.56. The van der Waals surface area contributed by atoms with Crippen molar-refractivity contribution in [2.45, 2.75) is 13.8 Å². The molecule has 1 rings (SSSR count). The Labute approximate surface area is 103 Å². The average Bonchev–Trinajstić information content (AvgIpc) is 2.66. The van der Waals surface area contributed by atoms with Crippen LogP contribution in [0, 0.1) is 12.8 Å². The Morgan fingerprint density at radius 1 is 1.59 bits per heavy atom. The first-order chi connectivity index (χ1) is 7.95. The topological polar surface area (TPSA) is 75.6 Å². The minimum Gasteiger partial charge on any atom is -0.481 e. The molecule has 94 valence electrons. The van der Waals surface area contributed by atoms with Crippen LogP contribution in [0.5, 0.6) is 0 Å². The van der Waals surface area contributed by atoms with E-state index in [9.17, 15) is 9.59 Å². The van der Waals surface area contributed by atoms with E-state index in [0.29, 0.717) is 10.6 Å². The Kier molecular flexibility index (Phi) is 4.51. The molecule has 1 aromatic heterocycles. The minimum absolute atomic E-state index is 0.277. The standard InChI is InChI=1S/C11H15NO4S/c1-6(10(13)14)5-12-9-8(11(15)16-3)4-7(2)17-9/h4,6,12H,5H2,1-3H3,(H,13,14). The summed E-state index contributed by atoms with van der Waals surface area (Å²) in [5, 5.41) is 12.4. The van der Waals surface area contributed by atoms with Crippen molar-refractivity contribution in [3.05, 3.63) is 16.5 Å². The van der Waals surface area contributed by atoms with E-state index in [0.717, 1.165) is 4.88 Å². The van der Waals surface area contributed by atoms with E-state index in [-0.39, 0.29) is 6.54 Å². The first-order valence-corrected chi connectivity index (χ1v) is 5.92. The number of anilines is 1. The third kappa shape index (κ3) is 3.45. The third-order valence-corrected chi connectivity index (χ3v) is 3.26. The van der Waals surface area contributed by atoms with Crippen molar-refractivity contribution in [2.75, 3.05) is 19.0 Å². The lowest BCUT2D eigenvalue weighted by molar-refractivity contribution is -0.140. The van der Waals surface area contributed by atoms with Crippen molar-refractivity contribution in [1.82, 2.24) is 0 Å². The highest BCUT2D eigenvalue weighted by atomic mass is 32.1. The fourth-order valence-corrected chi connectivity index (χ4v) is 2.15. The van der Waals surface area contributed by atoms with Gasteiger partial charge in [0.05, 0.1) is 18.6 Å². The molecule has 0 aliphatic heterocycles. The molecule has 0 saturated heterocycles. The second-order valence-electron chi connectivity index (χ2n) is 3.71. The number of carboxylic acids is 1. The first kappa shape index (κ1) is 13.5. The zero-order chi connectivity index (χ0) is 13.0. The largest absolute Gasteiger partial charge is 0.481 e. The summed E-state index contributed by atoms with van der Waals surface area (Å²) in [6.45, 7) is 3.76. The molecule has 5 nitrogen and oxygen atoms in total.